The quantitative estimate of drug-likeness (QED) is 0.454. The molecule has 0 saturated heterocycles. The van der Waals surface area contributed by atoms with E-state index in [1.807, 2.05) is 30.4 Å². The summed E-state index contributed by atoms with van der Waals surface area (Å²) in [4.78, 5) is 3.32. The van der Waals surface area contributed by atoms with E-state index in [-0.39, 0.29) is 19.8 Å². The van der Waals surface area contributed by atoms with Gasteiger partial charge in [-0.3, -0.25) is 0 Å². The second kappa shape index (κ2) is 10.5. The standard InChI is InChI=1S/C24H26FN2O3S2/c1-17-5-8-21-20(15-17)27(11-13-29)24(31-21)4-2-3-23-26(10-12-28)19-7-6-18(30-14-9-25)16-22(19)32-23/h2-8,15-16,28-29H,9-14H2,1H3/q+1. The molecule has 1 aliphatic rings. The molecule has 32 heavy (non-hydrogen) atoms. The fourth-order valence-electron chi connectivity index (χ4n) is 3.67. The van der Waals surface area contributed by atoms with Crippen LogP contribution in [0.1, 0.15) is 10.6 Å². The Balaban J connectivity index is 1.62. The summed E-state index contributed by atoms with van der Waals surface area (Å²) in [5.41, 5.74) is 3.32. The van der Waals surface area contributed by atoms with Crippen molar-refractivity contribution < 1.29 is 23.9 Å². The molecule has 0 bridgehead atoms. The molecule has 5 nitrogen and oxygen atoms in total. The molecule has 0 aliphatic carbocycles. The second-order valence-electron chi connectivity index (χ2n) is 7.30. The van der Waals surface area contributed by atoms with E-state index in [0.717, 1.165) is 25.9 Å². The van der Waals surface area contributed by atoms with Crippen molar-refractivity contribution in [2.24, 2.45) is 0 Å². The van der Waals surface area contributed by atoms with Crippen molar-refractivity contribution in [1.82, 2.24) is 0 Å². The van der Waals surface area contributed by atoms with Gasteiger partial charge in [-0.2, -0.15) is 4.57 Å². The third-order valence-corrected chi connectivity index (χ3v) is 7.30. The Hall–Kier alpha value is -2.39. The smallest absolute Gasteiger partial charge is 0.262 e. The number of aromatic nitrogens is 1. The third-order valence-electron chi connectivity index (χ3n) is 5.06. The van der Waals surface area contributed by atoms with Crippen LogP contribution < -0.4 is 14.2 Å². The van der Waals surface area contributed by atoms with Gasteiger partial charge in [0.25, 0.3) is 5.01 Å². The van der Waals surface area contributed by atoms with Crippen molar-refractivity contribution in [2.75, 3.05) is 37.9 Å². The molecule has 0 saturated carbocycles. The van der Waals surface area contributed by atoms with E-state index in [0.29, 0.717) is 18.8 Å². The number of benzene rings is 2. The highest BCUT2D eigenvalue weighted by Gasteiger charge is 2.24. The highest BCUT2D eigenvalue weighted by Crippen LogP contribution is 2.46. The lowest BCUT2D eigenvalue weighted by molar-refractivity contribution is -0.670. The fourth-order valence-corrected chi connectivity index (χ4v) is 5.88. The number of ether oxygens (including phenoxy) is 1. The normalized spacial score (nSPS) is 14.8. The van der Waals surface area contributed by atoms with Crippen LogP contribution >= 0.6 is 23.1 Å². The number of aliphatic hydroxyl groups excluding tert-OH is 2. The van der Waals surface area contributed by atoms with Gasteiger partial charge in [0.15, 0.2) is 6.54 Å². The molecule has 0 amide bonds. The summed E-state index contributed by atoms with van der Waals surface area (Å²) in [6.45, 7) is 2.72. The van der Waals surface area contributed by atoms with E-state index in [1.54, 1.807) is 23.1 Å². The average molecular weight is 474 g/mol. The first-order valence-electron chi connectivity index (χ1n) is 10.5. The van der Waals surface area contributed by atoms with E-state index in [4.69, 9.17) is 4.74 Å². The summed E-state index contributed by atoms with van der Waals surface area (Å²) in [7, 11) is 0. The van der Waals surface area contributed by atoms with Crippen molar-refractivity contribution in [2.45, 2.75) is 18.4 Å². The predicted octanol–water partition coefficient (Wildman–Crippen LogP) is 4.30. The van der Waals surface area contributed by atoms with E-state index in [2.05, 4.69) is 40.7 Å². The van der Waals surface area contributed by atoms with Crippen molar-refractivity contribution in [1.29, 1.82) is 0 Å². The van der Waals surface area contributed by atoms with Gasteiger partial charge in [0.2, 0.25) is 5.52 Å². The van der Waals surface area contributed by atoms with Crippen LogP contribution in [0.15, 0.2) is 58.5 Å². The first kappa shape index (κ1) is 22.8. The number of hydrogen-bond donors (Lipinski definition) is 2. The van der Waals surface area contributed by atoms with Crippen molar-refractivity contribution in [3.63, 3.8) is 0 Å². The van der Waals surface area contributed by atoms with Gasteiger partial charge in [-0.1, -0.05) is 35.2 Å². The number of hydrogen-bond acceptors (Lipinski definition) is 6. The highest BCUT2D eigenvalue weighted by atomic mass is 32.2. The van der Waals surface area contributed by atoms with Gasteiger partial charge in [-0.15, -0.1) is 0 Å². The minimum atomic E-state index is -0.523. The topological polar surface area (TPSA) is 56.8 Å². The lowest BCUT2D eigenvalue weighted by atomic mass is 10.2. The van der Waals surface area contributed by atoms with Gasteiger partial charge in [-0.25, -0.2) is 4.39 Å². The van der Waals surface area contributed by atoms with Crippen LogP contribution in [0.5, 0.6) is 5.75 Å². The zero-order valence-electron chi connectivity index (χ0n) is 17.8. The minimum Gasteiger partial charge on any atom is -0.491 e. The molecule has 2 heterocycles. The molecule has 0 spiro atoms. The maximum Gasteiger partial charge on any atom is 0.262 e. The van der Waals surface area contributed by atoms with Gasteiger partial charge in [0.1, 0.15) is 30.3 Å². The number of rotatable bonds is 9. The summed E-state index contributed by atoms with van der Waals surface area (Å²) in [5.74, 6) is 0.639. The number of allylic oxidation sites excluding steroid dienone is 2. The van der Waals surface area contributed by atoms with E-state index < -0.39 is 6.67 Å². The van der Waals surface area contributed by atoms with Crippen LogP contribution in [0.25, 0.3) is 16.3 Å². The Kier molecular flexibility index (Phi) is 7.47. The largest absolute Gasteiger partial charge is 0.491 e. The summed E-state index contributed by atoms with van der Waals surface area (Å²) in [5, 5.41) is 21.2. The molecule has 0 fully saturated rings. The minimum absolute atomic E-state index is 0.0350. The number of anilines is 1. The van der Waals surface area contributed by atoms with Gasteiger partial charge in [-0.05, 0) is 36.8 Å². The first-order chi connectivity index (χ1) is 15.6. The number of β-amino-alcohol motifs (C(OH)–C–C–N with tert-alkyl or cyclic N) is 1. The van der Waals surface area contributed by atoms with Gasteiger partial charge < -0.3 is 19.8 Å². The average Bonchev–Trinajstić information content (AvgIpc) is 3.30. The lowest BCUT2D eigenvalue weighted by Gasteiger charge is -2.19. The molecule has 8 heteroatoms. The van der Waals surface area contributed by atoms with Crippen LogP contribution in [0.2, 0.25) is 0 Å². The molecular weight excluding hydrogens is 447 g/mol. The molecule has 2 N–H and O–H groups in total. The maximum absolute atomic E-state index is 12.4. The fraction of sp³-hybridized carbons (Fsp3) is 0.292. The second-order valence-corrected chi connectivity index (χ2v) is 9.42. The number of thioether (sulfide) groups is 1. The van der Waals surface area contributed by atoms with Crippen molar-refractivity contribution >= 4 is 45.1 Å². The maximum atomic E-state index is 12.4. The molecule has 168 valence electrons. The van der Waals surface area contributed by atoms with Gasteiger partial charge in [0, 0.05) is 29.6 Å². The SMILES string of the molecule is Cc1ccc2c(c1)N(CCO)/C(=C/C=C/c1sc3cc(OCCF)ccc3[n+]1CCO)S2. The molecule has 2 aromatic carbocycles. The Bertz CT molecular complexity index is 1160. The Morgan fingerprint density at radius 3 is 2.81 bits per heavy atom. The number of nitrogens with zero attached hydrogens (tertiary/aromatic N) is 2. The van der Waals surface area contributed by atoms with Gasteiger partial charge in [0.05, 0.1) is 17.3 Å². The predicted molar refractivity (Wildman–Crippen MR) is 129 cm³/mol. The zero-order valence-corrected chi connectivity index (χ0v) is 19.5. The molecule has 0 unspecified atom stereocenters. The third kappa shape index (κ3) is 4.83. The molecule has 3 aromatic rings. The van der Waals surface area contributed by atoms with Crippen molar-refractivity contribution in [3.05, 3.63) is 64.2 Å². The molecule has 0 radical (unpaired) electrons. The molecule has 0 atom stereocenters. The summed E-state index contributed by atoms with van der Waals surface area (Å²) >= 11 is 3.29. The summed E-state index contributed by atoms with van der Waals surface area (Å²) < 4.78 is 20.9. The summed E-state index contributed by atoms with van der Waals surface area (Å²) in [6.07, 6.45) is 6.09. The van der Waals surface area contributed by atoms with Crippen LogP contribution in [-0.2, 0) is 6.54 Å². The number of fused-ring (bicyclic) bond motifs is 2. The number of aryl methyl sites for hydroxylation is 1. The lowest BCUT2D eigenvalue weighted by Crippen LogP contribution is -2.36. The molecular formula is C24H26FN2O3S2+. The molecule has 4 rings (SSSR count). The van der Waals surface area contributed by atoms with Crippen LogP contribution in [0.4, 0.5) is 10.1 Å². The van der Waals surface area contributed by atoms with Crippen molar-refractivity contribution in [3.8, 4) is 5.75 Å². The number of thiazole rings is 1. The highest BCUT2D eigenvalue weighted by molar-refractivity contribution is 8.03. The Morgan fingerprint density at radius 1 is 1.16 bits per heavy atom. The number of aliphatic hydroxyl groups is 2. The number of alkyl halides is 1. The Morgan fingerprint density at radius 2 is 2.03 bits per heavy atom. The van der Waals surface area contributed by atoms with Crippen LogP contribution in [-0.4, -0.2) is 43.3 Å². The van der Waals surface area contributed by atoms with E-state index in [1.165, 1.54) is 10.5 Å². The van der Waals surface area contributed by atoms with E-state index in [9.17, 15) is 14.6 Å². The van der Waals surface area contributed by atoms with Gasteiger partial charge >= 0.3 is 0 Å². The van der Waals surface area contributed by atoms with E-state index >= 15 is 0 Å². The number of halogens is 1. The zero-order chi connectivity index (χ0) is 22.5. The van der Waals surface area contributed by atoms with Crippen LogP contribution in [0, 0.1) is 6.92 Å². The first-order valence-corrected chi connectivity index (χ1v) is 12.1. The summed E-state index contributed by atoms with van der Waals surface area (Å²) in [6, 6.07) is 12.0. The molecule has 1 aliphatic heterocycles. The monoisotopic (exact) mass is 473 g/mol. The Labute approximate surface area is 195 Å². The molecule has 1 aromatic heterocycles. The van der Waals surface area contributed by atoms with Crippen LogP contribution in [0.3, 0.4) is 0 Å².